The van der Waals surface area contributed by atoms with Crippen LogP contribution in [0.3, 0.4) is 0 Å². The van der Waals surface area contributed by atoms with Crippen LogP contribution in [-0.4, -0.2) is 55.6 Å². The Kier molecular flexibility index (Phi) is 6.74. The lowest BCUT2D eigenvalue weighted by molar-refractivity contribution is -0.148. The number of carboxylic acid groups (broad SMARTS) is 1. The maximum Gasteiger partial charge on any atom is 0.329 e. The van der Waals surface area contributed by atoms with Crippen molar-refractivity contribution >= 4 is 12.0 Å². The lowest BCUT2D eigenvalue weighted by atomic mass is 9.90. The second-order valence-electron chi connectivity index (χ2n) is 5.04. The fourth-order valence-corrected chi connectivity index (χ4v) is 2.30. The second-order valence-corrected chi connectivity index (χ2v) is 5.04. The predicted molar refractivity (Wildman–Crippen MR) is 72.7 cm³/mol. The minimum absolute atomic E-state index is 0.115. The lowest BCUT2D eigenvalue weighted by Crippen LogP contribution is -2.60. The number of carbonyl (C=O) groups is 2. The zero-order valence-electron chi connectivity index (χ0n) is 12.1. The topological polar surface area (TPSA) is 96.9 Å². The van der Waals surface area contributed by atoms with Crippen molar-refractivity contribution in [3.8, 4) is 0 Å². The molecule has 0 aromatic heterocycles. The molecule has 1 aliphatic heterocycles. The minimum Gasteiger partial charge on any atom is -0.480 e. The van der Waals surface area contributed by atoms with Crippen molar-refractivity contribution in [2.45, 2.75) is 44.2 Å². The van der Waals surface area contributed by atoms with Gasteiger partial charge in [-0.1, -0.05) is 13.3 Å². The number of carboxylic acids is 1. The minimum atomic E-state index is -1.23. The van der Waals surface area contributed by atoms with E-state index in [1.165, 1.54) is 0 Å². The summed E-state index contributed by atoms with van der Waals surface area (Å²) in [6.07, 6.45) is 2.24. The Morgan fingerprint density at radius 1 is 1.40 bits per heavy atom. The molecule has 7 nitrogen and oxygen atoms in total. The number of ether oxygens (including phenoxy) is 2. The first-order chi connectivity index (χ1) is 9.54. The number of aliphatic carboxylic acids is 1. The zero-order valence-corrected chi connectivity index (χ0v) is 12.1. The quantitative estimate of drug-likeness (QED) is 0.642. The molecule has 0 bridgehead atoms. The van der Waals surface area contributed by atoms with Crippen LogP contribution in [0.4, 0.5) is 4.79 Å². The van der Waals surface area contributed by atoms with Gasteiger partial charge in [-0.05, 0) is 6.42 Å². The van der Waals surface area contributed by atoms with Crippen molar-refractivity contribution in [1.82, 2.24) is 10.6 Å². The molecule has 0 radical (unpaired) electrons. The van der Waals surface area contributed by atoms with E-state index >= 15 is 0 Å². The van der Waals surface area contributed by atoms with Gasteiger partial charge in [0, 0.05) is 33.2 Å². The molecule has 2 amide bonds. The predicted octanol–water partition coefficient (Wildman–Crippen LogP) is 0.735. The van der Waals surface area contributed by atoms with Crippen LogP contribution in [0.25, 0.3) is 0 Å². The Bertz CT molecular complexity index is 323. The fourth-order valence-electron chi connectivity index (χ4n) is 2.30. The summed E-state index contributed by atoms with van der Waals surface area (Å²) in [7, 11) is 1.57. The van der Waals surface area contributed by atoms with E-state index in [9.17, 15) is 14.7 Å². The standard InChI is InChI=1S/C13H24N2O5/c1-3-4-10(9-19-2)14-12(18)15-13(11(16)17)5-7-20-8-6-13/h10H,3-9H2,1-2H3,(H,16,17)(H2,14,15,18). The molecule has 0 aromatic rings. The van der Waals surface area contributed by atoms with E-state index in [4.69, 9.17) is 9.47 Å². The highest BCUT2D eigenvalue weighted by Gasteiger charge is 2.41. The van der Waals surface area contributed by atoms with Crippen LogP contribution in [0, 0.1) is 0 Å². The maximum atomic E-state index is 12.0. The van der Waals surface area contributed by atoms with Crippen molar-refractivity contribution in [1.29, 1.82) is 0 Å². The molecule has 7 heteroatoms. The van der Waals surface area contributed by atoms with Gasteiger partial charge in [-0.2, -0.15) is 0 Å². The number of nitrogens with one attached hydrogen (secondary N) is 2. The van der Waals surface area contributed by atoms with E-state index in [2.05, 4.69) is 10.6 Å². The van der Waals surface area contributed by atoms with Crippen molar-refractivity contribution < 1.29 is 24.2 Å². The number of urea groups is 1. The molecule has 20 heavy (non-hydrogen) atoms. The maximum absolute atomic E-state index is 12.0. The highest BCUT2D eigenvalue weighted by atomic mass is 16.5. The van der Waals surface area contributed by atoms with E-state index in [0.717, 1.165) is 12.8 Å². The van der Waals surface area contributed by atoms with Gasteiger partial charge in [-0.3, -0.25) is 0 Å². The third-order valence-electron chi connectivity index (χ3n) is 3.45. The van der Waals surface area contributed by atoms with Crippen LogP contribution in [0.15, 0.2) is 0 Å². The largest absolute Gasteiger partial charge is 0.480 e. The smallest absolute Gasteiger partial charge is 0.329 e. The number of methoxy groups -OCH3 is 1. The van der Waals surface area contributed by atoms with E-state index in [0.29, 0.717) is 19.8 Å². The van der Waals surface area contributed by atoms with E-state index in [1.807, 2.05) is 6.92 Å². The van der Waals surface area contributed by atoms with Gasteiger partial charge in [-0.25, -0.2) is 9.59 Å². The van der Waals surface area contributed by atoms with Gasteiger partial charge in [0.25, 0.3) is 0 Å². The molecule has 0 saturated carbocycles. The SMILES string of the molecule is CCCC(COC)NC(=O)NC1(C(=O)O)CCOCC1. The Morgan fingerprint density at radius 2 is 2.05 bits per heavy atom. The van der Waals surface area contributed by atoms with E-state index < -0.39 is 17.5 Å². The summed E-state index contributed by atoms with van der Waals surface area (Å²) in [5.41, 5.74) is -1.23. The van der Waals surface area contributed by atoms with Crippen LogP contribution < -0.4 is 10.6 Å². The molecule has 0 aromatic carbocycles. The fraction of sp³-hybridized carbons (Fsp3) is 0.846. The first kappa shape index (κ1) is 16.7. The van der Waals surface area contributed by atoms with Gasteiger partial charge in [0.05, 0.1) is 12.6 Å². The molecule has 1 unspecified atom stereocenters. The first-order valence-corrected chi connectivity index (χ1v) is 6.93. The van der Waals surface area contributed by atoms with Crippen LogP contribution in [0.1, 0.15) is 32.6 Å². The van der Waals surface area contributed by atoms with Gasteiger partial charge < -0.3 is 25.2 Å². The lowest BCUT2D eigenvalue weighted by Gasteiger charge is -2.34. The summed E-state index contributed by atoms with van der Waals surface area (Å²) >= 11 is 0. The molecule has 1 heterocycles. The Labute approximate surface area is 119 Å². The number of carbonyl (C=O) groups excluding carboxylic acids is 1. The molecule has 116 valence electrons. The molecule has 0 aliphatic carbocycles. The molecular formula is C13H24N2O5. The molecule has 1 saturated heterocycles. The van der Waals surface area contributed by atoms with Gasteiger partial charge in [-0.15, -0.1) is 0 Å². The van der Waals surface area contributed by atoms with E-state index in [-0.39, 0.29) is 18.9 Å². The third kappa shape index (κ3) is 4.64. The summed E-state index contributed by atoms with van der Waals surface area (Å²) in [5, 5.41) is 14.7. The van der Waals surface area contributed by atoms with Gasteiger partial charge in [0.15, 0.2) is 0 Å². The molecule has 1 rings (SSSR count). The van der Waals surface area contributed by atoms with Gasteiger partial charge >= 0.3 is 12.0 Å². The number of rotatable bonds is 7. The van der Waals surface area contributed by atoms with Crippen molar-refractivity contribution in [3.63, 3.8) is 0 Å². The number of hydrogen-bond acceptors (Lipinski definition) is 4. The van der Waals surface area contributed by atoms with Crippen LogP contribution in [0.2, 0.25) is 0 Å². The number of amides is 2. The summed E-state index contributed by atoms with van der Waals surface area (Å²) in [5.74, 6) is -1.02. The summed E-state index contributed by atoms with van der Waals surface area (Å²) in [6.45, 7) is 3.09. The van der Waals surface area contributed by atoms with Gasteiger partial charge in [0.1, 0.15) is 5.54 Å². The molecule has 1 aliphatic rings. The molecule has 0 spiro atoms. The molecule has 1 fully saturated rings. The Balaban J connectivity index is 2.59. The van der Waals surface area contributed by atoms with Crippen molar-refractivity contribution in [3.05, 3.63) is 0 Å². The third-order valence-corrected chi connectivity index (χ3v) is 3.45. The molecular weight excluding hydrogens is 264 g/mol. The van der Waals surface area contributed by atoms with E-state index in [1.54, 1.807) is 7.11 Å². The first-order valence-electron chi connectivity index (χ1n) is 6.93. The number of hydrogen-bond donors (Lipinski definition) is 3. The summed E-state index contributed by atoms with van der Waals surface area (Å²) in [6, 6.07) is -0.583. The highest BCUT2D eigenvalue weighted by Crippen LogP contribution is 2.21. The molecule has 3 N–H and O–H groups in total. The highest BCUT2D eigenvalue weighted by molar-refractivity contribution is 5.86. The summed E-state index contributed by atoms with van der Waals surface area (Å²) < 4.78 is 10.2. The Hall–Kier alpha value is -1.34. The average molecular weight is 288 g/mol. The normalized spacial score (nSPS) is 19.1. The van der Waals surface area contributed by atoms with Crippen LogP contribution in [0.5, 0.6) is 0 Å². The van der Waals surface area contributed by atoms with Crippen LogP contribution >= 0.6 is 0 Å². The molecule has 1 atom stereocenters. The average Bonchev–Trinajstić information content (AvgIpc) is 2.40. The van der Waals surface area contributed by atoms with Gasteiger partial charge in [0.2, 0.25) is 0 Å². The summed E-state index contributed by atoms with van der Waals surface area (Å²) in [4.78, 5) is 23.4. The van der Waals surface area contributed by atoms with Crippen LogP contribution in [-0.2, 0) is 14.3 Å². The zero-order chi connectivity index (χ0) is 15.0. The monoisotopic (exact) mass is 288 g/mol. The second kappa shape index (κ2) is 8.06. The Morgan fingerprint density at radius 3 is 2.55 bits per heavy atom. The van der Waals surface area contributed by atoms with Crippen molar-refractivity contribution in [2.24, 2.45) is 0 Å². The van der Waals surface area contributed by atoms with Crippen molar-refractivity contribution in [2.75, 3.05) is 26.9 Å².